The normalized spacial score (nSPS) is 12.4. The summed E-state index contributed by atoms with van der Waals surface area (Å²) in [6.45, 7) is 2.89. The number of benzene rings is 1. The van der Waals surface area contributed by atoms with Crippen molar-refractivity contribution in [3.8, 4) is 5.75 Å². The van der Waals surface area contributed by atoms with Crippen LogP contribution in [-0.4, -0.2) is 35.2 Å². The van der Waals surface area contributed by atoms with Crippen molar-refractivity contribution in [2.45, 2.75) is 13.0 Å². The third-order valence-electron chi connectivity index (χ3n) is 3.33. The highest BCUT2D eigenvalue weighted by Gasteiger charge is 2.19. The average molecular weight is 276 g/mol. The molecule has 20 heavy (non-hydrogen) atoms. The molecule has 0 fully saturated rings. The standard InChI is InChI=1S/C15H20N2O3/c1-11-13(10-16-17(11)2)15(18)12-6-4-5-7-14(12)20-9-8-19-3/h4-7,10,15,18H,8-9H2,1-3H3. The van der Waals surface area contributed by atoms with Crippen molar-refractivity contribution in [3.63, 3.8) is 0 Å². The molecule has 0 aliphatic carbocycles. The first-order valence-electron chi connectivity index (χ1n) is 6.52. The van der Waals surface area contributed by atoms with Crippen LogP contribution in [0.15, 0.2) is 30.5 Å². The zero-order chi connectivity index (χ0) is 14.5. The van der Waals surface area contributed by atoms with Crippen LogP contribution in [0.4, 0.5) is 0 Å². The van der Waals surface area contributed by atoms with Crippen molar-refractivity contribution in [1.82, 2.24) is 9.78 Å². The summed E-state index contributed by atoms with van der Waals surface area (Å²) in [5, 5.41) is 14.7. The van der Waals surface area contributed by atoms with Gasteiger partial charge in [0.05, 0.1) is 12.8 Å². The monoisotopic (exact) mass is 276 g/mol. The Morgan fingerprint density at radius 1 is 1.25 bits per heavy atom. The Kier molecular flexibility index (Phi) is 4.76. The highest BCUT2D eigenvalue weighted by atomic mass is 16.5. The van der Waals surface area contributed by atoms with Gasteiger partial charge in [0.2, 0.25) is 0 Å². The Balaban J connectivity index is 2.25. The minimum absolute atomic E-state index is 0.451. The lowest BCUT2D eigenvalue weighted by molar-refractivity contribution is 0.142. The first-order chi connectivity index (χ1) is 9.65. The van der Waals surface area contributed by atoms with Gasteiger partial charge in [-0.2, -0.15) is 5.10 Å². The van der Waals surface area contributed by atoms with Gasteiger partial charge in [-0.15, -0.1) is 0 Å². The number of aliphatic hydroxyl groups is 1. The molecule has 1 atom stereocenters. The van der Waals surface area contributed by atoms with Crippen LogP contribution in [0.3, 0.4) is 0 Å². The van der Waals surface area contributed by atoms with Crippen molar-refractivity contribution in [1.29, 1.82) is 0 Å². The molecule has 1 heterocycles. The van der Waals surface area contributed by atoms with Crippen LogP contribution in [0.5, 0.6) is 5.75 Å². The van der Waals surface area contributed by atoms with Crippen molar-refractivity contribution in [2.75, 3.05) is 20.3 Å². The van der Waals surface area contributed by atoms with E-state index in [1.54, 1.807) is 18.0 Å². The molecule has 0 aliphatic rings. The third-order valence-corrected chi connectivity index (χ3v) is 3.33. The maximum absolute atomic E-state index is 10.6. The van der Waals surface area contributed by atoms with Gasteiger partial charge in [0, 0.05) is 31.0 Å². The number of hydrogen-bond donors (Lipinski definition) is 1. The summed E-state index contributed by atoms with van der Waals surface area (Å²) in [6.07, 6.45) is 0.939. The Bertz CT molecular complexity index is 566. The smallest absolute Gasteiger partial charge is 0.125 e. The fourth-order valence-electron chi connectivity index (χ4n) is 2.02. The van der Waals surface area contributed by atoms with Gasteiger partial charge in [-0.3, -0.25) is 4.68 Å². The van der Waals surface area contributed by atoms with E-state index >= 15 is 0 Å². The maximum atomic E-state index is 10.6. The van der Waals surface area contributed by atoms with Gasteiger partial charge in [-0.05, 0) is 13.0 Å². The Morgan fingerprint density at radius 3 is 2.65 bits per heavy atom. The number of aryl methyl sites for hydroxylation is 1. The summed E-state index contributed by atoms with van der Waals surface area (Å²) in [5.41, 5.74) is 2.46. The van der Waals surface area contributed by atoms with Crippen LogP contribution >= 0.6 is 0 Å². The molecule has 0 amide bonds. The molecule has 5 heteroatoms. The summed E-state index contributed by atoms with van der Waals surface area (Å²) < 4.78 is 12.4. The molecular weight excluding hydrogens is 256 g/mol. The van der Waals surface area contributed by atoms with Crippen molar-refractivity contribution < 1.29 is 14.6 Å². The maximum Gasteiger partial charge on any atom is 0.125 e. The lowest BCUT2D eigenvalue weighted by Gasteiger charge is -2.16. The Labute approximate surface area is 118 Å². The lowest BCUT2D eigenvalue weighted by Crippen LogP contribution is -2.09. The second-order valence-electron chi connectivity index (χ2n) is 4.59. The zero-order valence-corrected chi connectivity index (χ0v) is 12.0. The van der Waals surface area contributed by atoms with Crippen LogP contribution < -0.4 is 4.74 Å². The minimum Gasteiger partial charge on any atom is -0.491 e. The van der Waals surface area contributed by atoms with Gasteiger partial charge in [0.15, 0.2) is 0 Å². The van der Waals surface area contributed by atoms with E-state index in [2.05, 4.69) is 5.10 Å². The number of methoxy groups -OCH3 is 1. The van der Waals surface area contributed by atoms with Crippen molar-refractivity contribution in [2.24, 2.45) is 7.05 Å². The summed E-state index contributed by atoms with van der Waals surface area (Å²) in [5.74, 6) is 0.667. The van der Waals surface area contributed by atoms with Crippen molar-refractivity contribution in [3.05, 3.63) is 47.3 Å². The minimum atomic E-state index is -0.748. The van der Waals surface area contributed by atoms with Crippen LogP contribution in [0.2, 0.25) is 0 Å². The van der Waals surface area contributed by atoms with Gasteiger partial charge in [0.1, 0.15) is 18.5 Å². The largest absolute Gasteiger partial charge is 0.491 e. The summed E-state index contributed by atoms with van der Waals surface area (Å²) in [6, 6.07) is 7.47. The number of aliphatic hydroxyl groups excluding tert-OH is 1. The van der Waals surface area contributed by atoms with E-state index in [4.69, 9.17) is 9.47 Å². The van der Waals surface area contributed by atoms with E-state index in [1.807, 2.05) is 38.2 Å². The van der Waals surface area contributed by atoms with Crippen LogP contribution in [0, 0.1) is 6.92 Å². The molecule has 1 N–H and O–H groups in total. The highest BCUT2D eigenvalue weighted by molar-refractivity contribution is 5.40. The summed E-state index contributed by atoms with van der Waals surface area (Å²) >= 11 is 0. The predicted octanol–water partition coefficient (Wildman–Crippen LogP) is 1.84. The molecule has 0 saturated carbocycles. The Hall–Kier alpha value is -1.85. The lowest BCUT2D eigenvalue weighted by atomic mass is 10.0. The number of rotatable bonds is 6. The number of hydrogen-bond acceptors (Lipinski definition) is 4. The molecule has 0 aliphatic heterocycles. The van der Waals surface area contributed by atoms with E-state index in [-0.39, 0.29) is 0 Å². The molecule has 1 aromatic heterocycles. The van der Waals surface area contributed by atoms with E-state index in [0.717, 1.165) is 16.8 Å². The van der Waals surface area contributed by atoms with Gasteiger partial charge in [-0.1, -0.05) is 18.2 Å². The molecule has 0 spiro atoms. The Morgan fingerprint density at radius 2 is 2.00 bits per heavy atom. The molecule has 0 saturated heterocycles. The molecule has 2 aromatic rings. The van der Waals surface area contributed by atoms with Crippen LogP contribution in [-0.2, 0) is 11.8 Å². The van der Waals surface area contributed by atoms with Gasteiger partial charge < -0.3 is 14.6 Å². The summed E-state index contributed by atoms with van der Waals surface area (Å²) in [7, 11) is 3.48. The summed E-state index contributed by atoms with van der Waals surface area (Å²) in [4.78, 5) is 0. The van der Waals surface area contributed by atoms with E-state index < -0.39 is 6.10 Å². The number of ether oxygens (including phenoxy) is 2. The molecule has 1 unspecified atom stereocenters. The van der Waals surface area contributed by atoms with E-state index in [9.17, 15) is 5.11 Å². The molecule has 2 rings (SSSR count). The highest BCUT2D eigenvalue weighted by Crippen LogP contribution is 2.31. The fourth-order valence-corrected chi connectivity index (χ4v) is 2.02. The molecule has 108 valence electrons. The number of aromatic nitrogens is 2. The second-order valence-corrected chi connectivity index (χ2v) is 4.59. The first-order valence-corrected chi connectivity index (χ1v) is 6.52. The van der Waals surface area contributed by atoms with E-state index in [0.29, 0.717) is 19.0 Å². The van der Waals surface area contributed by atoms with Gasteiger partial charge in [0.25, 0.3) is 0 Å². The third kappa shape index (κ3) is 3.00. The average Bonchev–Trinajstić information content (AvgIpc) is 2.79. The SMILES string of the molecule is COCCOc1ccccc1C(O)c1cnn(C)c1C. The van der Waals surface area contributed by atoms with Gasteiger partial charge in [-0.25, -0.2) is 0 Å². The van der Waals surface area contributed by atoms with Gasteiger partial charge >= 0.3 is 0 Å². The molecule has 0 radical (unpaired) electrons. The molecular formula is C15H20N2O3. The topological polar surface area (TPSA) is 56.5 Å². The number of nitrogens with zero attached hydrogens (tertiary/aromatic N) is 2. The quantitative estimate of drug-likeness (QED) is 0.818. The first kappa shape index (κ1) is 14.6. The predicted molar refractivity (Wildman–Crippen MR) is 75.8 cm³/mol. The van der Waals surface area contributed by atoms with E-state index in [1.165, 1.54) is 0 Å². The van der Waals surface area contributed by atoms with Crippen LogP contribution in [0.25, 0.3) is 0 Å². The zero-order valence-electron chi connectivity index (χ0n) is 12.0. The van der Waals surface area contributed by atoms with Crippen LogP contribution in [0.1, 0.15) is 22.9 Å². The number of para-hydroxylation sites is 1. The second kappa shape index (κ2) is 6.54. The fraction of sp³-hybridized carbons (Fsp3) is 0.400. The molecule has 0 bridgehead atoms. The molecule has 1 aromatic carbocycles. The van der Waals surface area contributed by atoms with Crippen molar-refractivity contribution >= 4 is 0 Å². The molecule has 5 nitrogen and oxygen atoms in total.